The van der Waals surface area contributed by atoms with Gasteiger partial charge in [0.1, 0.15) is 0 Å². The number of benzene rings is 5. The summed E-state index contributed by atoms with van der Waals surface area (Å²) in [6.07, 6.45) is 0. The smallest absolute Gasteiger partial charge is 0.363 e. The van der Waals surface area contributed by atoms with Crippen LogP contribution in [0.25, 0.3) is 55.3 Å². The van der Waals surface area contributed by atoms with Gasteiger partial charge < -0.3 is 14.9 Å². The fourth-order valence-corrected chi connectivity index (χ4v) is 5.58. The van der Waals surface area contributed by atoms with Crippen molar-refractivity contribution in [1.29, 1.82) is 0 Å². The third-order valence-corrected chi connectivity index (χ3v) is 7.51. The Bertz CT molecular complexity index is 1800. The number of hydrogen-bond acceptors (Lipinski definition) is 3. The summed E-state index contributed by atoms with van der Waals surface area (Å²) in [6.45, 7) is 0. The second-order valence-electron chi connectivity index (χ2n) is 10.6. The van der Waals surface area contributed by atoms with Gasteiger partial charge in [0.2, 0.25) is 0 Å². The van der Waals surface area contributed by atoms with Crippen molar-refractivity contribution in [1.82, 2.24) is 0 Å². The molecule has 0 atom stereocenters. The minimum atomic E-state index is -0.968. The summed E-state index contributed by atoms with van der Waals surface area (Å²) in [7, 11) is 8.08. The monoisotopic (exact) mass is 539 g/mol. The molecule has 0 aliphatic carbocycles. The van der Waals surface area contributed by atoms with Crippen LogP contribution in [0.4, 0.5) is 11.4 Å². The predicted molar refractivity (Wildman–Crippen MR) is 170 cm³/mol. The lowest BCUT2D eigenvalue weighted by Crippen LogP contribution is -2.11. The van der Waals surface area contributed by atoms with Gasteiger partial charge in [0.25, 0.3) is 0 Å². The largest absolute Gasteiger partial charge is 0.478 e. The lowest BCUT2D eigenvalue weighted by molar-refractivity contribution is 0.0697. The molecule has 0 fully saturated rings. The average molecular weight is 540 g/mol. The van der Waals surface area contributed by atoms with Crippen molar-refractivity contribution in [3.8, 4) is 33.4 Å². The molecular formula is C36H31N2O3+. The van der Waals surface area contributed by atoms with Crippen LogP contribution in [-0.2, 0) is 0 Å². The molecule has 5 aromatic carbocycles. The molecular weight excluding hydrogens is 508 g/mol. The van der Waals surface area contributed by atoms with E-state index in [9.17, 15) is 9.90 Å². The van der Waals surface area contributed by atoms with E-state index in [1.807, 2.05) is 76.7 Å². The van der Waals surface area contributed by atoms with E-state index in [0.29, 0.717) is 16.7 Å². The number of hydrogen-bond donors (Lipinski definition) is 1. The number of aromatic carboxylic acids is 1. The van der Waals surface area contributed by atoms with Gasteiger partial charge in [-0.1, -0.05) is 78.9 Å². The van der Waals surface area contributed by atoms with Crippen LogP contribution in [0.3, 0.4) is 0 Å². The van der Waals surface area contributed by atoms with Crippen molar-refractivity contribution in [3.63, 3.8) is 0 Å². The van der Waals surface area contributed by atoms with E-state index in [4.69, 9.17) is 4.42 Å². The molecule has 0 bridgehead atoms. The normalized spacial score (nSPS) is 11.1. The molecule has 5 nitrogen and oxygen atoms in total. The number of fused-ring (bicyclic) bond motifs is 2. The van der Waals surface area contributed by atoms with Crippen LogP contribution in [0.5, 0.6) is 0 Å². The molecule has 1 heterocycles. The molecule has 0 saturated carbocycles. The van der Waals surface area contributed by atoms with Crippen molar-refractivity contribution < 1.29 is 14.3 Å². The maximum Gasteiger partial charge on any atom is 0.363 e. The molecule has 0 unspecified atom stereocenters. The molecule has 1 N–H and O–H groups in total. The summed E-state index contributed by atoms with van der Waals surface area (Å²) in [5.74, 6) is -0.968. The quantitative estimate of drug-likeness (QED) is 0.169. The molecule has 0 aliphatic rings. The molecule has 0 saturated heterocycles. The van der Waals surface area contributed by atoms with Gasteiger partial charge in [-0.2, -0.15) is 0 Å². The summed E-state index contributed by atoms with van der Waals surface area (Å²) in [5.41, 5.74) is 9.37. The lowest BCUT2D eigenvalue weighted by atomic mass is 9.89. The van der Waals surface area contributed by atoms with Crippen molar-refractivity contribution in [2.75, 3.05) is 38.0 Å². The first kappa shape index (κ1) is 26.1. The fraction of sp³-hybridized carbons (Fsp3) is 0.111. The first-order valence-corrected chi connectivity index (χ1v) is 13.5. The maximum atomic E-state index is 12.5. The number of carboxylic acids is 1. The summed E-state index contributed by atoms with van der Waals surface area (Å²) >= 11 is 0. The molecule has 5 heteroatoms. The summed E-state index contributed by atoms with van der Waals surface area (Å²) in [6, 6.07) is 36.1. The minimum Gasteiger partial charge on any atom is -0.478 e. The number of nitrogens with zero attached hydrogens (tertiary/aromatic N) is 2. The highest BCUT2D eigenvalue weighted by molar-refractivity contribution is 6.15. The van der Waals surface area contributed by atoms with Crippen LogP contribution in [0.1, 0.15) is 10.4 Å². The van der Waals surface area contributed by atoms with Crippen LogP contribution in [-0.4, -0.2) is 39.3 Å². The third kappa shape index (κ3) is 4.66. The molecule has 41 heavy (non-hydrogen) atoms. The Morgan fingerprint density at radius 2 is 1.02 bits per heavy atom. The van der Waals surface area contributed by atoms with E-state index in [2.05, 4.69) is 58.3 Å². The van der Waals surface area contributed by atoms with E-state index in [1.54, 1.807) is 12.1 Å². The SMILES string of the molecule is CN(C)c1cc2[o+]c3cc(N(C)C)c(-c4ccccc4)cc3c(-c3ccccc3C(=O)O)c2cc1-c1ccccc1. The van der Waals surface area contributed by atoms with Crippen molar-refractivity contribution >= 4 is 39.3 Å². The molecule has 0 radical (unpaired) electrons. The molecule has 1 aromatic heterocycles. The molecule has 6 aromatic rings. The first-order valence-electron chi connectivity index (χ1n) is 13.5. The van der Waals surface area contributed by atoms with E-state index in [0.717, 1.165) is 50.0 Å². The van der Waals surface area contributed by atoms with E-state index in [1.165, 1.54) is 0 Å². The Labute approximate surface area is 239 Å². The first-order chi connectivity index (χ1) is 19.8. The fourth-order valence-electron chi connectivity index (χ4n) is 5.58. The lowest BCUT2D eigenvalue weighted by Gasteiger charge is -2.20. The van der Waals surface area contributed by atoms with Gasteiger partial charge in [0.15, 0.2) is 0 Å². The van der Waals surface area contributed by atoms with Gasteiger partial charge in [-0.15, -0.1) is 0 Å². The zero-order valence-electron chi connectivity index (χ0n) is 23.6. The Morgan fingerprint density at radius 1 is 0.585 bits per heavy atom. The number of carboxylic acid groups (broad SMARTS) is 1. The van der Waals surface area contributed by atoms with E-state index < -0.39 is 5.97 Å². The summed E-state index contributed by atoms with van der Waals surface area (Å²) in [4.78, 5) is 16.7. The highest BCUT2D eigenvalue weighted by atomic mass is 16.4. The van der Waals surface area contributed by atoms with Crippen LogP contribution >= 0.6 is 0 Å². The minimum absolute atomic E-state index is 0.247. The standard InChI is InChI=1S/C36H30N2O3/c1-37(2)31-21-33-29(19-27(31)23-13-7-5-8-14-23)35(25-17-11-12-18-26(25)36(39)40)30-20-28(24-15-9-6-10-16-24)32(38(3)4)22-34(30)41-33/h5-22H,1-4H3/p+1. The van der Waals surface area contributed by atoms with Crippen molar-refractivity contribution in [2.45, 2.75) is 0 Å². The Morgan fingerprint density at radius 3 is 1.46 bits per heavy atom. The Balaban J connectivity index is 1.82. The number of anilines is 2. The highest BCUT2D eigenvalue weighted by Gasteiger charge is 2.27. The number of carbonyl (C=O) groups is 1. The maximum absolute atomic E-state index is 12.5. The van der Waals surface area contributed by atoms with Gasteiger partial charge in [0.05, 0.1) is 39.8 Å². The summed E-state index contributed by atoms with van der Waals surface area (Å²) in [5, 5.41) is 11.9. The zero-order valence-corrected chi connectivity index (χ0v) is 23.6. The molecule has 0 aliphatic heterocycles. The topological polar surface area (TPSA) is 55.1 Å². The Kier molecular flexibility index (Phi) is 6.64. The van der Waals surface area contributed by atoms with Crippen LogP contribution in [0.2, 0.25) is 0 Å². The van der Waals surface area contributed by atoms with Crippen LogP contribution in [0, 0.1) is 0 Å². The van der Waals surface area contributed by atoms with Crippen molar-refractivity contribution in [2.24, 2.45) is 0 Å². The van der Waals surface area contributed by atoms with E-state index in [-0.39, 0.29) is 5.56 Å². The average Bonchev–Trinajstić information content (AvgIpc) is 2.99. The van der Waals surface area contributed by atoms with Gasteiger partial charge >= 0.3 is 17.1 Å². The van der Waals surface area contributed by atoms with Gasteiger partial charge in [0, 0.05) is 44.9 Å². The van der Waals surface area contributed by atoms with Gasteiger partial charge in [-0.05, 0) is 34.9 Å². The highest BCUT2D eigenvalue weighted by Crippen LogP contribution is 2.45. The predicted octanol–water partition coefficient (Wildman–Crippen LogP) is 8.70. The van der Waals surface area contributed by atoms with Crippen molar-refractivity contribution in [3.05, 3.63) is 115 Å². The molecule has 0 spiro atoms. The molecule has 202 valence electrons. The summed E-state index contributed by atoms with van der Waals surface area (Å²) < 4.78 is 6.67. The molecule has 6 rings (SSSR count). The zero-order chi connectivity index (χ0) is 28.7. The van der Waals surface area contributed by atoms with E-state index >= 15 is 0 Å². The molecule has 0 amide bonds. The van der Waals surface area contributed by atoms with Crippen LogP contribution < -0.4 is 9.80 Å². The van der Waals surface area contributed by atoms with Gasteiger partial charge in [-0.25, -0.2) is 9.21 Å². The van der Waals surface area contributed by atoms with Gasteiger partial charge in [-0.3, -0.25) is 0 Å². The second kappa shape index (κ2) is 10.4. The Hall–Kier alpha value is -5.16. The second-order valence-corrected chi connectivity index (χ2v) is 10.6. The van der Waals surface area contributed by atoms with Crippen LogP contribution in [0.15, 0.2) is 114 Å². The number of rotatable bonds is 6. The third-order valence-electron chi connectivity index (χ3n) is 7.51.